The van der Waals surface area contributed by atoms with Crippen molar-refractivity contribution >= 4 is 0 Å². The first-order chi connectivity index (χ1) is 10.2. The molecule has 1 saturated carbocycles. The molecule has 0 radical (unpaired) electrons. The number of hydrogen-bond donors (Lipinski definition) is 1. The predicted octanol–water partition coefficient (Wildman–Crippen LogP) is 3.76. The average molecular weight is 290 g/mol. The van der Waals surface area contributed by atoms with Gasteiger partial charge in [0.1, 0.15) is 11.5 Å². The van der Waals surface area contributed by atoms with Crippen LogP contribution >= 0.6 is 0 Å². The van der Waals surface area contributed by atoms with Gasteiger partial charge in [0, 0.05) is 12.0 Å². The number of hydrogen-bond acceptors (Lipinski definition) is 3. The highest BCUT2D eigenvalue weighted by molar-refractivity contribution is 5.17. The lowest BCUT2D eigenvalue weighted by atomic mass is 10.0. The Kier molecular flexibility index (Phi) is 5.02. The highest BCUT2D eigenvalue weighted by atomic mass is 16.3. The fourth-order valence-corrected chi connectivity index (χ4v) is 3.52. The van der Waals surface area contributed by atoms with Gasteiger partial charge in [-0.1, -0.05) is 13.3 Å². The van der Waals surface area contributed by atoms with Gasteiger partial charge in [-0.05, 0) is 70.3 Å². The van der Waals surface area contributed by atoms with Crippen LogP contribution < -0.4 is 5.32 Å². The topological polar surface area (TPSA) is 28.4 Å². The Morgan fingerprint density at radius 3 is 2.90 bits per heavy atom. The summed E-state index contributed by atoms with van der Waals surface area (Å²) >= 11 is 0. The van der Waals surface area contributed by atoms with Crippen LogP contribution in [-0.4, -0.2) is 30.6 Å². The summed E-state index contributed by atoms with van der Waals surface area (Å²) in [4.78, 5) is 2.64. The molecule has 0 amide bonds. The van der Waals surface area contributed by atoms with Gasteiger partial charge >= 0.3 is 0 Å². The first-order valence-corrected chi connectivity index (χ1v) is 8.77. The third-order valence-corrected chi connectivity index (χ3v) is 5.20. The van der Waals surface area contributed by atoms with E-state index in [1.807, 2.05) is 0 Å². The lowest BCUT2D eigenvalue weighted by molar-refractivity contribution is 0.159. The van der Waals surface area contributed by atoms with Crippen molar-refractivity contribution in [3.05, 3.63) is 23.7 Å². The average Bonchev–Trinajstić information content (AvgIpc) is 3.02. The molecule has 1 N–H and O–H groups in total. The molecule has 0 bridgehead atoms. The molecule has 1 aliphatic carbocycles. The standard InChI is InChI=1S/C18H30N2O/c1-14-12-17(14)18-8-7-16(21-18)13-19-9-5-11-20-10-4-3-6-15(20)2/h7-8,14-15,17,19H,3-6,9-13H2,1-2H3. The van der Waals surface area contributed by atoms with E-state index >= 15 is 0 Å². The lowest BCUT2D eigenvalue weighted by Gasteiger charge is -2.33. The molecule has 3 nitrogen and oxygen atoms in total. The van der Waals surface area contributed by atoms with Crippen LogP contribution in [-0.2, 0) is 6.54 Å². The van der Waals surface area contributed by atoms with Gasteiger partial charge < -0.3 is 14.6 Å². The van der Waals surface area contributed by atoms with E-state index in [1.54, 1.807) is 0 Å². The second-order valence-electron chi connectivity index (χ2n) is 7.03. The smallest absolute Gasteiger partial charge is 0.117 e. The van der Waals surface area contributed by atoms with E-state index in [2.05, 4.69) is 36.2 Å². The summed E-state index contributed by atoms with van der Waals surface area (Å²) in [6, 6.07) is 5.09. The second kappa shape index (κ2) is 6.97. The molecule has 1 saturated heterocycles. The van der Waals surface area contributed by atoms with Gasteiger partial charge in [0.2, 0.25) is 0 Å². The molecule has 1 aromatic rings. The van der Waals surface area contributed by atoms with Crippen molar-refractivity contribution in [2.45, 2.75) is 64.5 Å². The Hall–Kier alpha value is -0.800. The van der Waals surface area contributed by atoms with Gasteiger partial charge in [-0.25, -0.2) is 0 Å². The summed E-state index contributed by atoms with van der Waals surface area (Å²) in [6.45, 7) is 9.15. The summed E-state index contributed by atoms with van der Waals surface area (Å²) < 4.78 is 5.92. The molecule has 21 heavy (non-hydrogen) atoms. The van der Waals surface area contributed by atoms with Crippen molar-refractivity contribution in [1.82, 2.24) is 10.2 Å². The third kappa shape index (κ3) is 4.10. The van der Waals surface area contributed by atoms with Crippen LogP contribution in [0.15, 0.2) is 16.5 Å². The van der Waals surface area contributed by atoms with Gasteiger partial charge in [0.05, 0.1) is 6.54 Å². The van der Waals surface area contributed by atoms with E-state index in [1.165, 1.54) is 51.0 Å². The summed E-state index contributed by atoms with van der Waals surface area (Å²) in [5.41, 5.74) is 0. The first kappa shape index (κ1) is 15.1. The Balaban J connectivity index is 1.30. The molecule has 118 valence electrons. The summed E-state index contributed by atoms with van der Waals surface area (Å²) in [6.07, 6.45) is 6.71. The Bertz CT molecular complexity index is 442. The highest BCUT2D eigenvalue weighted by Crippen LogP contribution is 2.47. The van der Waals surface area contributed by atoms with Crippen LogP contribution in [0.25, 0.3) is 0 Å². The number of nitrogens with zero attached hydrogens (tertiary/aromatic N) is 1. The van der Waals surface area contributed by atoms with Gasteiger partial charge in [-0.3, -0.25) is 0 Å². The number of nitrogens with one attached hydrogen (secondary N) is 1. The molecule has 3 rings (SSSR count). The fraction of sp³-hybridized carbons (Fsp3) is 0.778. The Labute approximate surface area is 129 Å². The molecule has 2 aliphatic rings. The summed E-state index contributed by atoms with van der Waals surface area (Å²) in [5.74, 6) is 3.81. The van der Waals surface area contributed by atoms with Crippen molar-refractivity contribution in [3.8, 4) is 0 Å². The molecule has 0 spiro atoms. The zero-order valence-electron chi connectivity index (χ0n) is 13.6. The molecule has 3 atom stereocenters. The van der Waals surface area contributed by atoms with E-state index in [0.717, 1.165) is 30.8 Å². The number of likely N-dealkylation sites (tertiary alicyclic amines) is 1. The minimum atomic E-state index is 0.694. The van der Waals surface area contributed by atoms with Crippen molar-refractivity contribution < 1.29 is 4.42 Å². The number of furan rings is 1. The number of rotatable bonds is 7. The third-order valence-electron chi connectivity index (χ3n) is 5.20. The van der Waals surface area contributed by atoms with Crippen LogP contribution in [0.2, 0.25) is 0 Å². The fourth-order valence-electron chi connectivity index (χ4n) is 3.52. The van der Waals surface area contributed by atoms with Gasteiger partial charge in [-0.15, -0.1) is 0 Å². The lowest BCUT2D eigenvalue weighted by Crippen LogP contribution is -2.38. The van der Waals surface area contributed by atoms with Crippen LogP contribution in [0, 0.1) is 5.92 Å². The van der Waals surface area contributed by atoms with Crippen molar-refractivity contribution in [1.29, 1.82) is 0 Å². The van der Waals surface area contributed by atoms with Crippen LogP contribution in [0.3, 0.4) is 0 Å². The molecule has 2 heterocycles. The number of piperidine rings is 1. The minimum absolute atomic E-state index is 0.694. The Morgan fingerprint density at radius 1 is 1.29 bits per heavy atom. The largest absolute Gasteiger partial charge is 0.464 e. The first-order valence-electron chi connectivity index (χ1n) is 8.77. The van der Waals surface area contributed by atoms with Gasteiger partial charge in [0.25, 0.3) is 0 Å². The normalized spacial score (nSPS) is 29.7. The molecular weight excluding hydrogens is 260 g/mol. The molecular formula is C18H30N2O. The van der Waals surface area contributed by atoms with E-state index in [4.69, 9.17) is 4.42 Å². The van der Waals surface area contributed by atoms with E-state index in [9.17, 15) is 0 Å². The summed E-state index contributed by atoms with van der Waals surface area (Å²) in [7, 11) is 0. The zero-order chi connectivity index (χ0) is 14.7. The van der Waals surface area contributed by atoms with Crippen LogP contribution in [0.4, 0.5) is 0 Å². The van der Waals surface area contributed by atoms with E-state index in [0.29, 0.717) is 5.92 Å². The van der Waals surface area contributed by atoms with Crippen LogP contribution in [0.5, 0.6) is 0 Å². The monoisotopic (exact) mass is 290 g/mol. The summed E-state index contributed by atoms with van der Waals surface area (Å²) in [5, 5.41) is 3.52. The quantitative estimate of drug-likeness (QED) is 0.775. The van der Waals surface area contributed by atoms with Crippen molar-refractivity contribution in [2.75, 3.05) is 19.6 Å². The van der Waals surface area contributed by atoms with Crippen molar-refractivity contribution in [2.24, 2.45) is 5.92 Å². The molecule has 1 aromatic heterocycles. The SMILES string of the molecule is CC1CC1c1ccc(CNCCCN2CCCCC2C)o1. The Morgan fingerprint density at radius 2 is 2.14 bits per heavy atom. The molecule has 1 aliphatic heterocycles. The maximum Gasteiger partial charge on any atom is 0.117 e. The molecule has 3 heteroatoms. The predicted molar refractivity (Wildman–Crippen MR) is 86.4 cm³/mol. The maximum atomic E-state index is 5.92. The van der Waals surface area contributed by atoms with E-state index in [-0.39, 0.29) is 0 Å². The maximum absolute atomic E-state index is 5.92. The molecule has 2 fully saturated rings. The highest BCUT2D eigenvalue weighted by Gasteiger charge is 2.36. The van der Waals surface area contributed by atoms with E-state index < -0.39 is 0 Å². The minimum Gasteiger partial charge on any atom is -0.464 e. The second-order valence-corrected chi connectivity index (χ2v) is 7.03. The zero-order valence-corrected chi connectivity index (χ0v) is 13.6. The van der Waals surface area contributed by atoms with Crippen LogP contribution in [0.1, 0.15) is 63.4 Å². The van der Waals surface area contributed by atoms with Gasteiger partial charge in [0.15, 0.2) is 0 Å². The van der Waals surface area contributed by atoms with Crippen molar-refractivity contribution in [3.63, 3.8) is 0 Å². The molecule has 0 aromatic carbocycles. The molecule has 3 unspecified atom stereocenters. The van der Waals surface area contributed by atoms with Gasteiger partial charge in [-0.2, -0.15) is 0 Å².